The summed E-state index contributed by atoms with van der Waals surface area (Å²) in [6.07, 6.45) is 2.02. The lowest BCUT2D eigenvalue weighted by molar-refractivity contribution is 0.283. The van der Waals surface area contributed by atoms with Crippen LogP contribution in [0.5, 0.6) is 0 Å². The van der Waals surface area contributed by atoms with E-state index in [9.17, 15) is 5.11 Å². The molecule has 4 aromatic rings. The third kappa shape index (κ3) is 2.39. The summed E-state index contributed by atoms with van der Waals surface area (Å²) in [5.41, 5.74) is 5.36. The van der Waals surface area contributed by atoms with Crippen LogP contribution >= 0.6 is 0 Å². The smallest absolute Gasteiger partial charge is 0.0735 e. The molecule has 0 bridgehead atoms. The molecule has 0 unspecified atom stereocenters. The number of nitrogens with zero attached hydrogens (tertiary/aromatic N) is 2. The topological polar surface area (TPSA) is 38.0 Å². The fraction of sp³-hybridized carbons (Fsp3) is 0.150. The Hall–Kier alpha value is -2.65. The maximum absolute atomic E-state index is 9.56. The van der Waals surface area contributed by atoms with Crippen molar-refractivity contribution >= 4 is 21.8 Å². The van der Waals surface area contributed by atoms with E-state index in [2.05, 4.69) is 54.0 Å². The number of benzene rings is 2. The van der Waals surface area contributed by atoms with Crippen LogP contribution in [0.1, 0.15) is 16.8 Å². The molecule has 4 rings (SSSR count). The molecule has 23 heavy (non-hydrogen) atoms. The molecule has 2 aromatic heterocycles. The molecule has 0 saturated carbocycles. The highest BCUT2D eigenvalue weighted by Gasteiger charge is 2.08. The molecule has 0 fully saturated rings. The van der Waals surface area contributed by atoms with E-state index >= 15 is 0 Å². The largest absolute Gasteiger partial charge is 0.392 e. The summed E-state index contributed by atoms with van der Waals surface area (Å²) in [7, 11) is 0. The van der Waals surface area contributed by atoms with Crippen LogP contribution in [0.25, 0.3) is 21.8 Å². The summed E-state index contributed by atoms with van der Waals surface area (Å²) in [6.45, 7) is 2.84. The lowest BCUT2D eigenvalue weighted by atomic mass is 10.1. The van der Waals surface area contributed by atoms with Gasteiger partial charge >= 0.3 is 0 Å². The van der Waals surface area contributed by atoms with Gasteiger partial charge in [0.1, 0.15) is 0 Å². The van der Waals surface area contributed by atoms with Crippen molar-refractivity contribution in [2.75, 3.05) is 0 Å². The second-order valence-electron chi connectivity index (χ2n) is 5.91. The standard InChI is InChI=1S/C20H18N2O/c1-14-5-4-6-15-9-10-17(21-20(14)15)12-22-11-16(13-23)18-7-2-3-8-19(18)22/h2-11,23H,12-13H2,1H3. The Balaban J connectivity index is 1.80. The number of pyridine rings is 1. The predicted octanol–water partition coefficient (Wildman–Crippen LogP) is 4.04. The maximum Gasteiger partial charge on any atom is 0.0735 e. The number of hydrogen-bond acceptors (Lipinski definition) is 2. The lowest BCUT2D eigenvalue weighted by Gasteiger charge is -2.07. The molecule has 3 heteroatoms. The molecular formula is C20H18N2O. The van der Waals surface area contributed by atoms with Crippen molar-refractivity contribution in [2.24, 2.45) is 0 Å². The number of fused-ring (bicyclic) bond motifs is 2. The highest BCUT2D eigenvalue weighted by Crippen LogP contribution is 2.23. The van der Waals surface area contributed by atoms with Crippen molar-refractivity contribution in [3.63, 3.8) is 0 Å². The van der Waals surface area contributed by atoms with Crippen molar-refractivity contribution in [1.29, 1.82) is 0 Å². The number of aromatic nitrogens is 2. The van der Waals surface area contributed by atoms with Crippen LogP contribution in [0.2, 0.25) is 0 Å². The first-order valence-corrected chi connectivity index (χ1v) is 7.79. The minimum atomic E-state index is 0.0533. The zero-order valence-corrected chi connectivity index (χ0v) is 13.0. The third-order valence-electron chi connectivity index (χ3n) is 4.35. The Morgan fingerprint density at radius 1 is 1.00 bits per heavy atom. The molecule has 0 amide bonds. The average molecular weight is 302 g/mol. The van der Waals surface area contributed by atoms with Crippen molar-refractivity contribution in [3.8, 4) is 0 Å². The van der Waals surface area contributed by atoms with Crippen molar-refractivity contribution in [1.82, 2.24) is 9.55 Å². The molecule has 114 valence electrons. The number of aliphatic hydroxyl groups is 1. The van der Waals surface area contributed by atoms with E-state index in [1.54, 1.807) is 0 Å². The molecule has 0 radical (unpaired) electrons. The Kier molecular flexibility index (Phi) is 3.36. The molecule has 0 saturated heterocycles. The van der Waals surface area contributed by atoms with Crippen LogP contribution in [0.3, 0.4) is 0 Å². The van der Waals surface area contributed by atoms with E-state index in [1.165, 1.54) is 10.9 Å². The zero-order chi connectivity index (χ0) is 15.8. The highest BCUT2D eigenvalue weighted by molar-refractivity contribution is 5.84. The van der Waals surface area contributed by atoms with Gasteiger partial charge in [0.2, 0.25) is 0 Å². The van der Waals surface area contributed by atoms with Crippen molar-refractivity contribution in [2.45, 2.75) is 20.1 Å². The van der Waals surface area contributed by atoms with Gasteiger partial charge in [0, 0.05) is 28.0 Å². The summed E-state index contributed by atoms with van der Waals surface area (Å²) in [4.78, 5) is 4.83. The van der Waals surface area contributed by atoms with Gasteiger partial charge in [-0.1, -0.05) is 42.5 Å². The Labute approximate surface area is 134 Å². The van der Waals surface area contributed by atoms with Gasteiger partial charge in [-0.15, -0.1) is 0 Å². The van der Waals surface area contributed by atoms with E-state index in [4.69, 9.17) is 4.98 Å². The maximum atomic E-state index is 9.56. The molecule has 1 N–H and O–H groups in total. The van der Waals surface area contributed by atoms with E-state index in [-0.39, 0.29) is 6.61 Å². The second kappa shape index (κ2) is 5.52. The fourth-order valence-corrected chi connectivity index (χ4v) is 3.18. The van der Waals surface area contributed by atoms with E-state index < -0.39 is 0 Å². The van der Waals surface area contributed by atoms with Gasteiger partial charge in [-0.25, -0.2) is 0 Å². The SMILES string of the molecule is Cc1cccc2ccc(Cn3cc(CO)c4ccccc43)nc12. The lowest BCUT2D eigenvalue weighted by Crippen LogP contribution is -2.01. The van der Waals surface area contributed by atoms with E-state index in [0.717, 1.165) is 27.7 Å². The predicted molar refractivity (Wildman–Crippen MR) is 93.4 cm³/mol. The quantitative estimate of drug-likeness (QED) is 0.620. The molecule has 0 spiro atoms. The molecule has 2 heterocycles. The van der Waals surface area contributed by atoms with Gasteiger partial charge in [0.25, 0.3) is 0 Å². The van der Waals surface area contributed by atoms with Crippen LogP contribution < -0.4 is 0 Å². The van der Waals surface area contributed by atoms with Crippen LogP contribution in [0.4, 0.5) is 0 Å². The number of hydrogen-bond donors (Lipinski definition) is 1. The van der Waals surface area contributed by atoms with Crippen LogP contribution in [-0.2, 0) is 13.2 Å². The number of aliphatic hydroxyl groups excluding tert-OH is 1. The normalized spacial score (nSPS) is 11.4. The van der Waals surface area contributed by atoms with Gasteiger partial charge in [0.05, 0.1) is 24.4 Å². The fourth-order valence-electron chi connectivity index (χ4n) is 3.18. The van der Waals surface area contributed by atoms with Gasteiger partial charge < -0.3 is 9.67 Å². The molecule has 3 nitrogen and oxygen atoms in total. The molecule has 0 aliphatic rings. The number of aryl methyl sites for hydroxylation is 1. The first-order valence-electron chi connectivity index (χ1n) is 7.79. The van der Waals surface area contributed by atoms with Crippen molar-refractivity contribution in [3.05, 3.63) is 77.6 Å². The van der Waals surface area contributed by atoms with Gasteiger partial charge in [-0.05, 0) is 24.6 Å². The van der Waals surface area contributed by atoms with Gasteiger partial charge in [0.15, 0.2) is 0 Å². The highest BCUT2D eigenvalue weighted by atomic mass is 16.3. The number of para-hydroxylation sites is 2. The van der Waals surface area contributed by atoms with E-state index in [0.29, 0.717) is 6.54 Å². The Morgan fingerprint density at radius 2 is 1.87 bits per heavy atom. The minimum Gasteiger partial charge on any atom is -0.392 e. The van der Waals surface area contributed by atoms with Crippen molar-refractivity contribution < 1.29 is 5.11 Å². The summed E-state index contributed by atoms with van der Waals surface area (Å²) in [5.74, 6) is 0. The van der Waals surface area contributed by atoms with Gasteiger partial charge in [-0.3, -0.25) is 4.98 Å². The Bertz CT molecular complexity index is 1000. The van der Waals surface area contributed by atoms with Crippen LogP contribution in [0, 0.1) is 6.92 Å². The molecule has 2 aromatic carbocycles. The molecular weight excluding hydrogens is 284 g/mol. The summed E-state index contributed by atoms with van der Waals surface area (Å²) in [5, 5.41) is 11.8. The first kappa shape index (κ1) is 14.0. The van der Waals surface area contributed by atoms with Crippen LogP contribution in [0.15, 0.2) is 60.8 Å². The molecule has 0 aliphatic heterocycles. The third-order valence-corrected chi connectivity index (χ3v) is 4.35. The van der Waals surface area contributed by atoms with Crippen LogP contribution in [-0.4, -0.2) is 14.7 Å². The first-order chi connectivity index (χ1) is 11.3. The molecule has 0 aliphatic carbocycles. The summed E-state index contributed by atoms with van der Waals surface area (Å²) in [6, 6.07) is 18.6. The average Bonchev–Trinajstić information content (AvgIpc) is 2.94. The van der Waals surface area contributed by atoms with Gasteiger partial charge in [-0.2, -0.15) is 0 Å². The summed E-state index contributed by atoms with van der Waals surface area (Å²) < 4.78 is 2.16. The summed E-state index contributed by atoms with van der Waals surface area (Å²) >= 11 is 0. The molecule has 0 atom stereocenters. The monoisotopic (exact) mass is 302 g/mol. The second-order valence-corrected chi connectivity index (χ2v) is 5.91. The minimum absolute atomic E-state index is 0.0533. The number of rotatable bonds is 3. The Morgan fingerprint density at radius 3 is 2.74 bits per heavy atom. The zero-order valence-electron chi connectivity index (χ0n) is 13.0. The van der Waals surface area contributed by atoms with E-state index in [1.807, 2.05) is 18.3 Å².